The van der Waals surface area contributed by atoms with E-state index >= 15 is 0 Å². The van der Waals surface area contributed by atoms with Gasteiger partial charge in [-0.2, -0.15) is 6.41 Å². The van der Waals surface area contributed by atoms with E-state index in [0.717, 1.165) is 4.90 Å². The van der Waals surface area contributed by atoms with Gasteiger partial charge in [-0.05, 0) is 55.0 Å². The van der Waals surface area contributed by atoms with Crippen molar-refractivity contribution in [2.75, 3.05) is 33.7 Å². The van der Waals surface area contributed by atoms with E-state index in [2.05, 4.69) is 18.2 Å². The Kier molecular flexibility index (Phi) is 25.8. The number of ether oxygens (including phenoxy) is 2. The van der Waals surface area contributed by atoms with Crippen molar-refractivity contribution in [2.24, 2.45) is 0 Å². The van der Waals surface area contributed by atoms with Crippen LogP contribution in [0.5, 0.6) is 0 Å². The van der Waals surface area contributed by atoms with Crippen LogP contribution in [-0.2, 0) is 23.9 Å². The Labute approximate surface area is 195 Å². The molecule has 0 fully saturated rings. The fraction of sp³-hybridized carbons (Fsp3) is 0.739. The number of amides is 3. The van der Waals surface area contributed by atoms with Gasteiger partial charge < -0.3 is 29.4 Å². The molecule has 0 radical (unpaired) electrons. The maximum atomic E-state index is 11.6. The molecule has 200 valence electrons. The number of carbonyl (C=O) groups excluding carboxylic acids is 4. The fourth-order valence-electron chi connectivity index (χ4n) is 1.71. The number of esters is 1. The molecule has 3 amide bonds. The first-order chi connectivity index (χ1) is 14.6. The molecule has 0 aromatic rings. The predicted octanol–water partition coefficient (Wildman–Crippen LogP) is 2.98. The second-order valence-electron chi connectivity index (χ2n) is 8.26. The average Bonchev–Trinajstić information content (AvgIpc) is 2.65. The summed E-state index contributed by atoms with van der Waals surface area (Å²) in [4.78, 5) is 46.0. The monoisotopic (exact) mass is 715 g/mol. The maximum absolute atomic E-state index is 11.6. The zero-order chi connectivity index (χ0) is 26.5. The van der Waals surface area contributed by atoms with Gasteiger partial charge in [0.2, 0.25) is 5.91 Å². The molecular formula is C23H44FmN3O6-. The van der Waals surface area contributed by atoms with Gasteiger partial charge >= 0.3 is 12.1 Å². The molecule has 0 heterocycles. The number of hydrogen-bond donors (Lipinski definition) is 1. The van der Waals surface area contributed by atoms with Crippen molar-refractivity contribution in [3.63, 3.8) is 0 Å². The molecule has 0 spiro atoms. The second kappa shape index (κ2) is 21.5. The first-order valence-electron chi connectivity index (χ1n) is 10.4. The van der Waals surface area contributed by atoms with Crippen molar-refractivity contribution >= 4 is 24.4 Å². The molecule has 0 rings (SSSR count). The van der Waals surface area contributed by atoms with Gasteiger partial charge in [0.25, 0.3) is 0 Å². The van der Waals surface area contributed by atoms with Gasteiger partial charge in [-0.1, -0.05) is 13.8 Å². The van der Waals surface area contributed by atoms with E-state index in [1.165, 1.54) is 18.9 Å². The standard InChI is InChI=1S/C13H24N3O4.C6H12O2.C2H6.C2H2.Fm/c1-13(2,3)20-12(19)16(5)8-6-7-14-11(18)9-15(4)10-17;1-5(7)8-6(2,3)4;2*1-2;/h6-9H2,1-5H3,(H,14,18);1-4H3;1-2H3;1-2H;/q-1;;;;. The minimum atomic E-state index is -0.518. The summed E-state index contributed by atoms with van der Waals surface area (Å²) in [5, 5.41) is 2.65. The van der Waals surface area contributed by atoms with E-state index in [-0.39, 0.29) is 30.1 Å². The summed E-state index contributed by atoms with van der Waals surface area (Å²) in [6.45, 7) is 17.2. The van der Waals surface area contributed by atoms with Crippen LogP contribution in [0.4, 0.5) is 4.79 Å². The summed E-state index contributed by atoms with van der Waals surface area (Å²) in [6, 6.07) is 0. The molecule has 0 unspecified atom stereocenters. The molecule has 0 atom stereocenters. The Hall–Kier alpha value is -3.76. The van der Waals surface area contributed by atoms with E-state index in [0.29, 0.717) is 19.5 Å². The van der Waals surface area contributed by atoms with Crippen LogP contribution in [0.3, 0.4) is 0 Å². The molecule has 33 heavy (non-hydrogen) atoms. The summed E-state index contributed by atoms with van der Waals surface area (Å²) in [5.74, 6) is -0.478. The summed E-state index contributed by atoms with van der Waals surface area (Å²) in [7, 11) is 3.12. The Morgan fingerprint density at radius 2 is 1.36 bits per heavy atom. The third-order valence-corrected chi connectivity index (χ3v) is 2.68. The largest absolute Gasteiger partial charge is 0.520 e. The van der Waals surface area contributed by atoms with Crippen LogP contribution in [0.15, 0.2) is 0 Å². The molecule has 0 aliphatic carbocycles. The minimum Gasteiger partial charge on any atom is -0.520 e. The molecule has 0 aliphatic rings. The van der Waals surface area contributed by atoms with Gasteiger partial charge in [0, 0.05) is 27.1 Å². The van der Waals surface area contributed by atoms with Crippen LogP contribution >= 0.6 is 0 Å². The molecular weight excluding hydrogens is 671 g/mol. The van der Waals surface area contributed by atoms with Crippen LogP contribution < -0.4 is 5.32 Å². The number of likely N-dealkylation sites (N-methyl/N-ethyl adjacent to an activating group) is 1. The second-order valence-corrected chi connectivity index (χ2v) is 8.26. The molecule has 0 aromatic heterocycles. The van der Waals surface area contributed by atoms with Crippen LogP contribution in [0.25, 0.3) is 0 Å². The number of hydrogen-bond acceptors (Lipinski definition) is 6. The van der Waals surface area contributed by atoms with Gasteiger partial charge in [-0.3, -0.25) is 9.59 Å². The van der Waals surface area contributed by atoms with Crippen molar-refractivity contribution < 1.29 is 28.7 Å². The zero-order valence-corrected chi connectivity index (χ0v) is 24.5. The normalized spacial score (nSPS) is 9.36. The minimum absolute atomic E-state index is 0. The topological polar surface area (TPSA) is 105 Å². The summed E-state index contributed by atoms with van der Waals surface area (Å²) < 4.78 is 9.99. The number of nitrogens with one attached hydrogen (secondary N) is 1. The molecule has 0 bridgehead atoms. The van der Waals surface area contributed by atoms with E-state index in [1.54, 1.807) is 34.2 Å². The van der Waals surface area contributed by atoms with Crippen molar-refractivity contribution in [2.45, 2.75) is 79.9 Å². The van der Waals surface area contributed by atoms with Crippen LogP contribution in [0.2, 0.25) is 0 Å². The van der Waals surface area contributed by atoms with Crippen molar-refractivity contribution in [3.05, 3.63) is 0 Å². The van der Waals surface area contributed by atoms with Crippen LogP contribution in [-0.4, -0.2) is 79.1 Å². The van der Waals surface area contributed by atoms with Gasteiger partial charge in [0.05, 0.1) is 6.54 Å². The summed E-state index contributed by atoms with van der Waals surface area (Å²) in [5.41, 5.74) is -0.846. The molecule has 0 saturated heterocycles. The Bertz CT molecular complexity index is 555. The summed E-state index contributed by atoms with van der Waals surface area (Å²) >= 11 is 0. The molecule has 0 aromatic carbocycles. The fourth-order valence-corrected chi connectivity index (χ4v) is 1.71. The van der Waals surface area contributed by atoms with E-state index in [9.17, 15) is 19.2 Å². The number of carbonyl (C=O) groups is 3. The SMILES string of the molecule is C#C.CC.CC(=O)OC(C)(C)C.CN([C-]=O)CC(=O)NCCCN(C)C(=O)OC(C)(C)C.[Fm]. The van der Waals surface area contributed by atoms with E-state index in [1.807, 2.05) is 34.6 Å². The van der Waals surface area contributed by atoms with E-state index < -0.39 is 5.60 Å². The van der Waals surface area contributed by atoms with Gasteiger partial charge in [-0.15, -0.1) is 12.8 Å². The van der Waals surface area contributed by atoms with Crippen molar-refractivity contribution in [1.82, 2.24) is 15.1 Å². The molecule has 9 nitrogen and oxygen atoms in total. The Morgan fingerprint density at radius 3 is 1.67 bits per heavy atom. The smallest absolute Gasteiger partial charge is 0.410 e. The van der Waals surface area contributed by atoms with Gasteiger partial charge in [-0.25, -0.2) is 4.79 Å². The number of nitrogens with zero attached hydrogens (tertiary/aromatic N) is 2. The molecule has 0 aliphatic heterocycles. The van der Waals surface area contributed by atoms with Crippen molar-refractivity contribution in [1.29, 1.82) is 0 Å². The average molecular weight is 716 g/mol. The first kappa shape index (κ1) is 39.7. The predicted molar refractivity (Wildman–Crippen MR) is 128 cm³/mol. The quantitative estimate of drug-likeness (QED) is 0.143. The van der Waals surface area contributed by atoms with E-state index in [4.69, 9.17) is 9.47 Å². The molecule has 1 N–H and O–H groups in total. The van der Waals surface area contributed by atoms with Gasteiger partial charge in [0.1, 0.15) is 11.2 Å². The zero-order valence-electron chi connectivity index (χ0n) is 22.1. The first-order valence-corrected chi connectivity index (χ1v) is 10.4. The summed E-state index contributed by atoms with van der Waals surface area (Å²) in [6.07, 6.45) is 9.81. The van der Waals surface area contributed by atoms with Crippen molar-refractivity contribution in [3.8, 4) is 12.8 Å². The number of terminal acetylenes is 1. The van der Waals surface area contributed by atoms with Gasteiger partial charge in [0.15, 0.2) is 0 Å². The molecule has 0 saturated carbocycles. The third-order valence-electron chi connectivity index (χ3n) is 2.68. The number of rotatable bonds is 7. The third kappa shape index (κ3) is 36.0. The van der Waals surface area contributed by atoms with Crippen LogP contribution in [0, 0.1) is 12.8 Å². The Morgan fingerprint density at radius 1 is 0.939 bits per heavy atom. The van der Waals surface area contributed by atoms with Crippen LogP contribution in [0.1, 0.15) is 68.7 Å². The maximum Gasteiger partial charge on any atom is 0.410 e. The Balaban J connectivity index is -0.000000169. The molecule has 10 heteroatoms.